The molecule has 0 rings (SSSR count). The van der Waals surface area contributed by atoms with Crippen LogP contribution in [0.4, 0.5) is 0 Å². The summed E-state index contributed by atoms with van der Waals surface area (Å²) in [5, 5.41) is 0. The molecule has 6 nitrogen and oxygen atoms in total. The predicted octanol–water partition coefficient (Wildman–Crippen LogP) is 21.4. The highest BCUT2D eigenvalue weighted by atomic mass is 16.6. The third kappa shape index (κ3) is 60.8. The van der Waals surface area contributed by atoms with Crippen LogP contribution in [-0.4, -0.2) is 37.2 Å². The van der Waals surface area contributed by atoms with Gasteiger partial charge in [-0.3, -0.25) is 14.4 Å². The van der Waals surface area contributed by atoms with Crippen molar-refractivity contribution in [3.8, 4) is 0 Å². The van der Waals surface area contributed by atoms with Gasteiger partial charge in [-0.05, 0) is 103 Å². The van der Waals surface area contributed by atoms with Crippen molar-refractivity contribution in [1.82, 2.24) is 0 Å². The Morgan fingerprint density at radius 1 is 0.280 bits per heavy atom. The van der Waals surface area contributed by atoms with Crippen molar-refractivity contribution < 1.29 is 28.6 Å². The quantitative estimate of drug-likeness (QED) is 0.0261. The lowest BCUT2D eigenvalue weighted by Crippen LogP contribution is -2.30. The van der Waals surface area contributed by atoms with Crippen LogP contribution < -0.4 is 0 Å². The van der Waals surface area contributed by atoms with Gasteiger partial charge in [-0.2, -0.15) is 0 Å². The van der Waals surface area contributed by atoms with Crippen molar-refractivity contribution in [2.75, 3.05) is 13.2 Å². The number of esters is 3. The molecule has 0 aliphatic rings. The largest absolute Gasteiger partial charge is 0.462 e. The van der Waals surface area contributed by atoms with Crippen LogP contribution in [0.25, 0.3) is 0 Å². The lowest BCUT2D eigenvalue weighted by atomic mass is 10.0. The Morgan fingerprint density at radius 2 is 0.533 bits per heavy atom. The Hall–Kier alpha value is -3.93. The molecule has 75 heavy (non-hydrogen) atoms. The van der Waals surface area contributed by atoms with Gasteiger partial charge in [0.05, 0.1) is 0 Å². The van der Waals surface area contributed by atoms with Crippen LogP contribution in [0.1, 0.15) is 290 Å². The molecule has 0 saturated carbocycles. The van der Waals surface area contributed by atoms with Crippen LogP contribution in [0.3, 0.4) is 0 Å². The monoisotopic (exact) mass is 1040 g/mol. The first-order valence-corrected chi connectivity index (χ1v) is 31.4. The Balaban J connectivity index is 4.27. The molecule has 0 saturated heterocycles. The van der Waals surface area contributed by atoms with E-state index in [9.17, 15) is 14.4 Å². The second-order valence-corrected chi connectivity index (χ2v) is 20.6. The van der Waals surface area contributed by atoms with Crippen molar-refractivity contribution in [3.05, 3.63) is 109 Å². The average Bonchev–Trinajstić information content (AvgIpc) is 3.41. The summed E-state index contributed by atoms with van der Waals surface area (Å²) in [5.74, 6) is -0.903. The number of unbranched alkanes of at least 4 members (excludes halogenated alkanes) is 27. The number of allylic oxidation sites excluding steroid dienone is 18. The first kappa shape index (κ1) is 71.1. The van der Waals surface area contributed by atoms with E-state index in [1.807, 2.05) is 0 Å². The minimum absolute atomic E-state index is 0.0853. The molecule has 0 amide bonds. The van der Waals surface area contributed by atoms with Gasteiger partial charge in [0.15, 0.2) is 6.10 Å². The number of hydrogen-bond donors (Lipinski definition) is 0. The Kier molecular flexibility index (Phi) is 59.3. The zero-order valence-corrected chi connectivity index (χ0v) is 49.0. The normalized spacial score (nSPS) is 12.8. The van der Waals surface area contributed by atoms with Crippen LogP contribution in [0.15, 0.2) is 109 Å². The van der Waals surface area contributed by atoms with E-state index in [2.05, 4.69) is 130 Å². The fourth-order valence-electron chi connectivity index (χ4n) is 8.56. The van der Waals surface area contributed by atoms with Crippen molar-refractivity contribution in [3.63, 3.8) is 0 Å². The molecule has 0 aromatic rings. The predicted molar refractivity (Wildman–Crippen MR) is 325 cm³/mol. The average molecular weight is 1040 g/mol. The lowest BCUT2D eigenvalue weighted by molar-refractivity contribution is -0.167. The van der Waals surface area contributed by atoms with Crippen molar-refractivity contribution in [2.45, 2.75) is 297 Å². The van der Waals surface area contributed by atoms with Gasteiger partial charge < -0.3 is 14.2 Å². The van der Waals surface area contributed by atoms with E-state index >= 15 is 0 Å². The van der Waals surface area contributed by atoms with Crippen molar-refractivity contribution in [2.24, 2.45) is 0 Å². The van der Waals surface area contributed by atoms with E-state index in [0.717, 1.165) is 128 Å². The molecule has 0 aliphatic heterocycles. The Morgan fingerprint density at radius 3 is 0.867 bits per heavy atom. The molecule has 6 heteroatoms. The smallest absolute Gasteiger partial charge is 0.306 e. The molecule has 0 radical (unpaired) electrons. The Bertz CT molecular complexity index is 1520. The number of carbonyl (C=O) groups excluding carboxylic acids is 3. The second-order valence-electron chi connectivity index (χ2n) is 20.6. The number of carbonyl (C=O) groups is 3. The molecule has 428 valence electrons. The van der Waals surface area contributed by atoms with Crippen LogP contribution >= 0.6 is 0 Å². The molecule has 0 heterocycles. The zero-order valence-electron chi connectivity index (χ0n) is 49.0. The molecular formula is C69H116O6. The topological polar surface area (TPSA) is 78.9 Å². The van der Waals surface area contributed by atoms with E-state index in [1.165, 1.54) is 122 Å². The van der Waals surface area contributed by atoms with E-state index in [4.69, 9.17) is 14.2 Å². The van der Waals surface area contributed by atoms with E-state index in [0.29, 0.717) is 19.3 Å². The highest BCUT2D eigenvalue weighted by molar-refractivity contribution is 5.71. The summed E-state index contributed by atoms with van der Waals surface area (Å²) in [6, 6.07) is 0. The fraction of sp³-hybridized carbons (Fsp3) is 0.696. The first-order valence-electron chi connectivity index (χ1n) is 31.4. The summed E-state index contributed by atoms with van der Waals surface area (Å²) >= 11 is 0. The Labute approximate surface area is 463 Å². The van der Waals surface area contributed by atoms with Gasteiger partial charge in [0.1, 0.15) is 13.2 Å². The van der Waals surface area contributed by atoms with Crippen LogP contribution in [0.2, 0.25) is 0 Å². The summed E-state index contributed by atoms with van der Waals surface area (Å²) in [5.41, 5.74) is 0. The minimum Gasteiger partial charge on any atom is -0.462 e. The third-order valence-electron chi connectivity index (χ3n) is 13.3. The highest BCUT2D eigenvalue weighted by Gasteiger charge is 2.19. The van der Waals surface area contributed by atoms with Crippen LogP contribution in [0, 0.1) is 0 Å². The number of hydrogen-bond acceptors (Lipinski definition) is 6. The minimum atomic E-state index is -0.787. The van der Waals surface area contributed by atoms with E-state index < -0.39 is 6.10 Å². The molecular weight excluding hydrogens is 925 g/mol. The summed E-state index contributed by atoms with van der Waals surface area (Å²) in [4.78, 5) is 38.2. The van der Waals surface area contributed by atoms with E-state index in [-0.39, 0.29) is 31.1 Å². The maximum Gasteiger partial charge on any atom is 0.306 e. The maximum absolute atomic E-state index is 12.9. The first-order chi connectivity index (χ1) is 37.0. The van der Waals surface area contributed by atoms with Gasteiger partial charge in [0.2, 0.25) is 0 Å². The summed E-state index contributed by atoms with van der Waals surface area (Å²) in [7, 11) is 0. The maximum atomic E-state index is 12.9. The molecule has 0 spiro atoms. The molecule has 0 aliphatic carbocycles. The standard InChI is InChI=1S/C69H116O6/c1-4-7-10-13-16-19-22-24-26-27-28-29-30-31-32-33-34-35-36-37-38-39-40-41-43-44-47-50-53-56-59-62-68(71)74-65-66(64-73-67(70)61-58-55-52-49-46-21-18-15-12-9-6-3)75-69(72)63-60-57-54-51-48-45-42-25-23-20-17-14-11-8-5-2/h7,10,15-16,18-19,24,26,28-29,31-32,34-35,37-38,40-41,66H,4-6,8-9,11-14,17,20-23,25,27,30,33,36,39,42-65H2,1-3H3/b10-7-,18-15-,19-16-,26-24-,29-28-,32-31-,35-34-,38-37-,41-40-. The van der Waals surface area contributed by atoms with E-state index in [1.54, 1.807) is 0 Å². The van der Waals surface area contributed by atoms with Gasteiger partial charge in [-0.15, -0.1) is 0 Å². The van der Waals surface area contributed by atoms with Gasteiger partial charge >= 0.3 is 17.9 Å². The molecule has 0 N–H and O–H groups in total. The van der Waals surface area contributed by atoms with Crippen molar-refractivity contribution in [1.29, 1.82) is 0 Å². The summed E-state index contributed by atoms with van der Waals surface area (Å²) in [6.45, 7) is 6.48. The van der Waals surface area contributed by atoms with Crippen molar-refractivity contribution >= 4 is 17.9 Å². The lowest BCUT2D eigenvalue weighted by Gasteiger charge is -2.18. The second kappa shape index (κ2) is 62.6. The fourth-order valence-corrected chi connectivity index (χ4v) is 8.56. The zero-order chi connectivity index (χ0) is 54.3. The molecule has 0 aromatic heterocycles. The third-order valence-corrected chi connectivity index (χ3v) is 13.3. The van der Waals surface area contributed by atoms with Gasteiger partial charge in [-0.25, -0.2) is 0 Å². The number of rotatable bonds is 56. The SMILES string of the molecule is CC/C=C\C/C=C\C/C=C\C/C=C\C/C=C\C/C=C\C/C=C\C/C=C\CCCCCCCCC(=O)OCC(COC(=O)CCCCCCC/C=C\CCCC)OC(=O)CCCCCCCCCCCCCCCCC. The molecule has 0 aromatic carbocycles. The van der Waals surface area contributed by atoms with Crippen LogP contribution in [-0.2, 0) is 28.6 Å². The molecule has 1 atom stereocenters. The van der Waals surface area contributed by atoms with Gasteiger partial charge in [0, 0.05) is 19.3 Å². The highest BCUT2D eigenvalue weighted by Crippen LogP contribution is 2.16. The molecule has 0 bridgehead atoms. The molecule has 1 unspecified atom stereocenters. The number of ether oxygens (including phenoxy) is 3. The molecule has 0 fully saturated rings. The summed E-state index contributed by atoms with van der Waals surface area (Å²) in [6.07, 6.45) is 85.2. The van der Waals surface area contributed by atoms with Gasteiger partial charge in [-0.1, -0.05) is 278 Å². The summed E-state index contributed by atoms with van der Waals surface area (Å²) < 4.78 is 16.9. The van der Waals surface area contributed by atoms with Crippen LogP contribution in [0.5, 0.6) is 0 Å². The van der Waals surface area contributed by atoms with Gasteiger partial charge in [0.25, 0.3) is 0 Å².